The molecule has 0 aliphatic heterocycles. The number of benzene rings is 1. The molecule has 2 aliphatic rings. The van der Waals surface area contributed by atoms with Crippen LogP contribution in [0, 0.1) is 11.3 Å². The monoisotopic (exact) mass is 302 g/mol. The molecule has 0 unspecified atom stereocenters. The molecule has 0 bridgehead atoms. The first kappa shape index (κ1) is 15.9. The van der Waals surface area contributed by atoms with Gasteiger partial charge >= 0.3 is 0 Å². The highest BCUT2D eigenvalue weighted by atomic mass is 16.3. The maximum absolute atomic E-state index is 10.5. The van der Waals surface area contributed by atoms with Crippen LogP contribution in [0.2, 0.25) is 0 Å². The van der Waals surface area contributed by atoms with E-state index in [0.717, 1.165) is 24.8 Å². The molecule has 0 aromatic heterocycles. The number of aromatic hydroxyl groups is 1. The zero-order valence-corrected chi connectivity index (χ0v) is 14.6. The Morgan fingerprint density at radius 3 is 2.45 bits per heavy atom. The molecule has 0 heterocycles. The summed E-state index contributed by atoms with van der Waals surface area (Å²) in [4.78, 5) is 0. The number of rotatable bonds is 1. The molecule has 0 amide bonds. The third kappa shape index (κ3) is 2.27. The maximum Gasteiger partial charge on any atom is 0.119 e. The van der Waals surface area contributed by atoms with Gasteiger partial charge in [-0.1, -0.05) is 40.7 Å². The Labute approximate surface area is 134 Å². The van der Waals surface area contributed by atoms with Gasteiger partial charge in [0, 0.05) is 0 Å². The van der Waals surface area contributed by atoms with Gasteiger partial charge in [0.2, 0.25) is 0 Å². The van der Waals surface area contributed by atoms with Gasteiger partial charge in [0.1, 0.15) is 5.75 Å². The summed E-state index contributed by atoms with van der Waals surface area (Å²) in [6.07, 6.45) is 3.74. The molecule has 1 saturated carbocycles. The van der Waals surface area contributed by atoms with Gasteiger partial charge in [0.15, 0.2) is 0 Å². The minimum atomic E-state index is -0.242. The third-order valence-corrected chi connectivity index (χ3v) is 6.33. The molecule has 2 N–H and O–H groups in total. The number of hydrogen-bond donors (Lipinski definition) is 2. The summed E-state index contributed by atoms with van der Waals surface area (Å²) in [6, 6.07) is 4.22. The van der Waals surface area contributed by atoms with E-state index in [2.05, 4.69) is 40.7 Å². The van der Waals surface area contributed by atoms with Gasteiger partial charge in [-0.25, -0.2) is 0 Å². The fourth-order valence-corrected chi connectivity index (χ4v) is 5.48. The fourth-order valence-electron chi connectivity index (χ4n) is 5.48. The van der Waals surface area contributed by atoms with Crippen LogP contribution in [0.5, 0.6) is 5.75 Å². The van der Waals surface area contributed by atoms with E-state index >= 15 is 0 Å². The lowest BCUT2D eigenvalue weighted by molar-refractivity contribution is -0.0384. The van der Waals surface area contributed by atoms with Gasteiger partial charge in [-0.3, -0.25) is 0 Å². The van der Waals surface area contributed by atoms with Crippen molar-refractivity contribution in [3.63, 3.8) is 0 Å². The van der Waals surface area contributed by atoms with Crippen molar-refractivity contribution < 1.29 is 10.2 Å². The molecule has 2 aliphatic carbocycles. The molecular weight excluding hydrogens is 272 g/mol. The lowest BCUT2D eigenvalue weighted by atomic mass is 9.49. The van der Waals surface area contributed by atoms with E-state index in [-0.39, 0.29) is 16.9 Å². The number of aliphatic hydroxyl groups is 1. The van der Waals surface area contributed by atoms with Gasteiger partial charge in [-0.2, -0.15) is 0 Å². The Morgan fingerprint density at radius 1 is 1.14 bits per heavy atom. The van der Waals surface area contributed by atoms with Crippen LogP contribution in [0.25, 0.3) is 0 Å². The molecule has 0 spiro atoms. The van der Waals surface area contributed by atoms with Crippen molar-refractivity contribution in [1.29, 1.82) is 0 Å². The molecule has 2 nitrogen and oxygen atoms in total. The van der Waals surface area contributed by atoms with E-state index < -0.39 is 0 Å². The SMILES string of the molecule is CC(C)c1cc2c(cc1O)[C@@]1(C)C[C@@H](O)CC(C)(C)[C@@H]1CC2. The summed E-state index contributed by atoms with van der Waals surface area (Å²) in [5.74, 6) is 1.33. The highest BCUT2D eigenvalue weighted by molar-refractivity contribution is 5.48. The summed E-state index contributed by atoms with van der Waals surface area (Å²) in [6.45, 7) is 11.1. The molecule has 1 aromatic rings. The minimum Gasteiger partial charge on any atom is -0.508 e. The number of fused-ring (bicyclic) bond motifs is 3. The third-order valence-electron chi connectivity index (χ3n) is 6.33. The number of phenolic OH excluding ortho intramolecular Hbond substituents is 1. The second kappa shape index (κ2) is 4.99. The number of aryl methyl sites for hydroxylation is 1. The van der Waals surface area contributed by atoms with Crippen molar-refractivity contribution in [2.75, 3.05) is 0 Å². The Balaban J connectivity index is 2.13. The first-order valence-corrected chi connectivity index (χ1v) is 8.69. The van der Waals surface area contributed by atoms with Crippen LogP contribution in [0.3, 0.4) is 0 Å². The molecule has 22 heavy (non-hydrogen) atoms. The molecule has 1 aromatic carbocycles. The minimum absolute atomic E-state index is 0.0261. The first-order chi connectivity index (χ1) is 10.1. The van der Waals surface area contributed by atoms with Crippen molar-refractivity contribution in [3.05, 3.63) is 28.8 Å². The highest BCUT2D eigenvalue weighted by Crippen LogP contribution is 2.57. The van der Waals surface area contributed by atoms with Crippen molar-refractivity contribution >= 4 is 0 Å². The summed E-state index contributed by atoms with van der Waals surface area (Å²) in [7, 11) is 0. The van der Waals surface area contributed by atoms with E-state index in [4.69, 9.17) is 0 Å². The summed E-state index contributed by atoms with van der Waals surface area (Å²) in [5.41, 5.74) is 3.83. The molecule has 3 rings (SSSR count). The number of phenols is 1. The predicted octanol–water partition coefficient (Wildman–Crippen LogP) is 4.52. The average molecular weight is 302 g/mol. The smallest absolute Gasteiger partial charge is 0.119 e. The van der Waals surface area contributed by atoms with Gasteiger partial charge in [-0.05, 0) is 71.1 Å². The number of aliphatic hydroxyl groups excluding tert-OH is 1. The Hall–Kier alpha value is -1.02. The normalized spacial score (nSPS) is 33.4. The van der Waals surface area contributed by atoms with Crippen LogP contribution in [-0.2, 0) is 11.8 Å². The van der Waals surface area contributed by atoms with Crippen LogP contribution in [0.4, 0.5) is 0 Å². The molecule has 1 fully saturated rings. The molecular formula is C20H30O2. The maximum atomic E-state index is 10.5. The zero-order chi connectivity index (χ0) is 16.3. The van der Waals surface area contributed by atoms with Crippen LogP contribution in [0.15, 0.2) is 12.1 Å². The van der Waals surface area contributed by atoms with Crippen LogP contribution >= 0.6 is 0 Å². The van der Waals surface area contributed by atoms with E-state index in [1.807, 2.05) is 6.07 Å². The second-order valence-corrected chi connectivity index (χ2v) is 8.78. The molecule has 2 heteroatoms. The highest BCUT2D eigenvalue weighted by Gasteiger charge is 2.52. The van der Waals surface area contributed by atoms with Gasteiger partial charge in [0.05, 0.1) is 6.10 Å². The second-order valence-electron chi connectivity index (χ2n) is 8.78. The van der Waals surface area contributed by atoms with Gasteiger partial charge in [-0.15, -0.1) is 0 Å². The topological polar surface area (TPSA) is 40.5 Å². The van der Waals surface area contributed by atoms with Crippen LogP contribution < -0.4 is 0 Å². The van der Waals surface area contributed by atoms with E-state index in [1.165, 1.54) is 17.5 Å². The van der Waals surface area contributed by atoms with Crippen LogP contribution in [0.1, 0.15) is 76.5 Å². The Morgan fingerprint density at radius 2 is 1.82 bits per heavy atom. The standard InChI is InChI=1S/C20H30O2/c1-12(2)15-8-13-6-7-18-19(3,4)10-14(21)11-20(18,5)16(13)9-17(15)22/h8-9,12,14,18,21-22H,6-7,10-11H2,1-5H3/t14-,18-,20+/m0/s1. The lowest BCUT2D eigenvalue weighted by Crippen LogP contribution is -2.52. The number of hydrogen-bond acceptors (Lipinski definition) is 2. The largest absolute Gasteiger partial charge is 0.508 e. The van der Waals surface area contributed by atoms with Gasteiger partial charge in [0.25, 0.3) is 0 Å². The molecule has 122 valence electrons. The summed E-state index contributed by atoms with van der Waals surface area (Å²) in [5, 5.41) is 20.9. The van der Waals surface area contributed by atoms with Gasteiger partial charge < -0.3 is 10.2 Å². The van der Waals surface area contributed by atoms with Crippen molar-refractivity contribution in [2.24, 2.45) is 11.3 Å². The molecule has 0 saturated heterocycles. The van der Waals surface area contributed by atoms with Crippen molar-refractivity contribution in [3.8, 4) is 5.75 Å². The van der Waals surface area contributed by atoms with E-state index in [9.17, 15) is 10.2 Å². The van der Waals surface area contributed by atoms with Crippen LogP contribution in [-0.4, -0.2) is 16.3 Å². The predicted molar refractivity (Wildman–Crippen MR) is 90.4 cm³/mol. The van der Waals surface area contributed by atoms with Crippen molar-refractivity contribution in [2.45, 2.75) is 77.7 Å². The quantitative estimate of drug-likeness (QED) is 0.801. The molecule has 0 radical (unpaired) electrons. The fraction of sp³-hybridized carbons (Fsp3) is 0.700. The average Bonchev–Trinajstić information content (AvgIpc) is 2.36. The Bertz CT molecular complexity index is 588. The summed E-state index contributed by atoms with van der Waals surface area (Å²) < 4.78 is 0. The van der Waals surface area contributed by atoms with E-state index in [0.29, 0.717) is 17.6 Å². The lowest BCUT2D eigenvalue weighted by Gasteiger charge is -2.55. The van der Waals surface area contributed by atoms with Crippen molar-refractivity contribution in [1.82, 2.24) is 0 Å². The first-order valence-electron chi connectivity index (χ1n) is 8.69. The Kier molecular flexibility index (Phi) is 3.60. The molecule has 3 atom stereocenters. The van der Waals surface area contributed by atoms with E-state index in [1.54, 1.807) is 0 Å². The zero-order valence-electron chi connectivity index (χ0n) is 14.6. The summed E-state index contributed by atoms with van der Waals surface area (Å²) >= 11 is 0.